The Kier molecular flexibility index (Phi) is 6.56. The lowest BCUT2D eigenvalue weighted by molar-refractivity contribution is -0.159. The molecule has 8 nitrogen and oxygen atoms in total. The maximum absolute atomic E-state index is 12.7. The lowest BCUT2D eigenvalue weighted by atomic mass is 9.99. The molecule has 0 bridgehead atoms. The quantitative estimate of drug-likeness (QED) is 0.551. The third kappa shape index (κ3) is 4.46. The Labute approximate surface area is 181 Å². The Hall–Kier alpha value is -3.76. The number of aromatic nitrogens is 2. The van der Waals surface area contributed by atoms with Crippen LogP contribution in [0.25, 0.3) is 22.5 Å². The zero-order chi connectivity index (χ0) is 23.5. The van der Waals surface area contributed by atoms with Gasteiger partial charge in [0.05, 0.1) is 32.6 Å². The first-order valence-corrected chi connectivity index (χ1v) is 9.38. The van der Waals surface area contributed by atoms with Gasteiger partial charge in [-0.2, -0.15) is 18.2 Å². The largest absolute Gasteiger partial charge is 0.493 e. The zero-order valence-corrected chi connectivity index (χ0v) is 17.7. The van der Waals surface area contributed by atoms with E-state index in [1.807, 2.05) is 0 Å². The Balaban J connectivity index is 2.11. The molecule has 0 aliphatic rings. The van der Waals surface area contributed by atoms with Gasteiger partial charge in [0.25, 0.3) is 0 Å². The van der Waals surface area contributed by atoms with E-state index in [0.29, 0.717) is 39.6 Å². The predicted octanol–water partition coefficient (Wildman–Crippen LogP) is 4.80. The van der Waals surface area contributed by atoms with E-state index >= 15 is 0 Å². The van der Waals surface area contributed by atoms with Crippen LogP contribution in [-0.4, -0.2) is 37.4 Å². The summed E-state index contributed by atoms with van der Waals surface area (Å²) in [5.41, 5.74) is 1.82. The summed E-state index contributed by atoms with van der Waals surface area (Å²) in [6.45, 7) is 1.71. The highest BCUT2D eigenvalue weighted by Gasteiger charge is 2.38. The number of hydrogen-bond donors (Lipinski definition) is 1. The van der Waals surface area contributed by atoms with Crippen LogP contribution in [0.5, 0.6) is 17.2 Å². The van der Waals surface area contributed by atoms with E-state index in [1.54, 1.807) is 25.1 Å². The van der Waals surface area contributed by atoms with Gasteiger partial charge in [-0.25, -0.2) is 0 Å². The first-order chi connectivity index (χ1) is 15.2. The number of alkyl halides is 3. The summed E-state index contributed by atoms with van der Waals surface area (Å²) >= 11 is 0. The number of anilines is 1. The zero-order valence-electron chi connectivity index (χ0n) is 17.7. The normalized spacial score (nSPS) is 11.2. The molecule has 3 aromatic rings. The van der Waals surface area contributed by atoms with Gasteiger partial charge in [-0.3, -0.25) is 4.79 Å². The number of halogens is 3. The number of nitrogens with zero attached hydrogens (tertiary/aromatic N) is 2. The van der Waals surface area contributed by atoms with Crippen molar-refractivity contribution in [1.82, 2.24) is 10.1 Å². The molecule has 11 heteroatoms. The Bertz CT molecular complexity index is 1110. The van der Waals surface area contributed by atoms with Crippen LogP contribution >= 0.6 is 0 Å². The van der Waals surface area contributed by atoms with Crippen LogP contribution in [0.2, 0.25) is 0 Å². The third-order valence-corrected chi connectivity index (χ3v) is 4.53. The van der Waals surface area contributed by atoms with Crippen LogP contribution in [0, 0.1) is 0 Å². The Morgan fingerprint density at radius 2 is 1.66 bits per heavy atom. The van der Waals surface area contributed by atoms with Crippen molar-refractivity contribution in [2.45, 2.75) is 19.5 Å². The average molecular weight is 451 g/mol. The van der Waals surface area contributed by atoms with Crippen LogP contribution < -0.4 is 19.5 Å². The minimum absolute atomic E-state index is 0.206. The Morgan fingerprint density at radius 3 is 2.16 bits per heavy atom. The topological polar surface area (TPSA) is 95.7 Å². The lowest BCUT2D eigenvalue weighted by Gasteiger charge is -2.20. The number of amides is 1. The molecule has 1 aromatic heterocycles. The molecule has 1 heterocycles. The fourth-order valence-electron chi connectivity index (χ4n) is 3.02. The molecule has 0 unspecified atom stereocenters. The number of carbonyl (C=O) groups is 1. The minimum Gasteiger partial charge on any atom is -0.493 e. The van der Waals surface area contributed by atoms with Crippen molar-refractivity contribution < 1.29 is 36.7 Å². The second-order valence-electron chi connectivity index (χ2n) is 6.47. The van der Waals surface area contributed by atoms with E-state index < -0.39 is 12.1 Å². The molecule has 0 spiro atoms. The molecular weight excluding hydrogens is 431 g/mol. The van der Waals surface area contributed by atoms with E-state index in [9.17, 15) is 18.0 Å². The van der Waals surface area contributed by atoms with Gasteiger partial charge < -0.3 is 24.1 Å². The maximum atomic E-state index is 12.7. The van der Waals surface area contributed by atoms with E-state index in [4.69, 9.17) is 14.2 Å². The maximum Gasteiger partial charge on any atom is 0.471 e. The molecule has 0 aliphatic carbocycles. The standard InChI is InChI=1S/C21H20F3N3O5/c1-5-15(28)25-13-10-14(29-2)17(30-3)18(31-4)16(13)11-6-8-12(9-7-11)19-26-20(32-27-19)21(22,23)24/h6-10H,5H2,1-4H3,(H,25,28). The van der Waals surface area contributed by atoms with Crippen molar-refractivity contribution in [2.24, 2.45) is 0 Å². The number of hydrogen-bond acceptors (Lipinski definition) is 7. The summed E-state index contributed by atoms with van der Waals surface area (Å²) in [5, 5.41) is 6.19. The summed E-state index contributed by atoms with van der Waals surface area (Å²) in [5.74, 6) is -0.891. The van der Waals surface area contributed by atoms with Crippen LogP contribution in [-0.2, 0) is 11.0 Å². The molecule has 2 aromatic carbocycles. The number of methoxy groups -OCH3 is 3. The molecule has 0 fully saturated rings. The highest BCUT2D eigenvalue weighted by Crippen LogP contribution is 2.49. The molecule has 1 N–H and O–H groups in total. The SMILES string of the molecule is CCC(=O)Nc1cc(OC)c(OC)c(OC)c1-c1ccc(-c2noc(C(F)(F)F)n2)cc1. The second kappa shape index (κ2) is 9.16. The average Bonchev–Trinajstić information content (AvgIpc) is 3.29. The summed E-state index contributed by atoms with van der Waals surface area (Å²) in [7, 11) is 4.35. The molecular formula is C21H20F3N3O5. The fraction of sp³-hybridized carbons (Fsp3) is 0.286. The number of ether oxygens (including phenoxy) is 3. The van der Waals surface area contributed by atoms with Crippen molar-refractivity contribution in [1.29, 1.82) is 0 Å². The monoisotopic (exact) mass is 451 g/mol. The van der Waals surface area contributed by atoms with Crippen molar-refractivity contribution in [3.05, 3.63) is 36.2 Å². The molecule has 170 valence electrons. The van der Waals surface area contributed by atoms with E-state index in [2.05, 4.69) is 20.0 Å². The van der Waals surface area contributed by atoms with Crippen LogP contribution in [0.1, 0.15) is 19.2 Å². The first-order valence-electron chi connectivity index (χ1n) is 9.38. The van der Waals surface area contributed by atoms with Gasteiger partial charge in [-0.05, 0) is 5.56 Å². The molecule has 0 radical (unpaired) electrons. The van der Waals surface area contributed by atoms with Gasteiger partial charge in [0, 0.05) is 18.1 Å². The van der Waals surface area contributed by atoms with Gasteiger partial charge in [0.1, 0.15) is 0 Å². The van der Waals surface area contributed by atoms with Crippen molar-refractivity contribution in [2.75, 3.05) is 26.6 Å². The molecule has 32 heavy (non-hydrogen) atoms. The number of nitrogens with one attached hydrogen (secondary N) is 1. The van der Waals surface area contributed by atoms with Crippen molar-refractivity contribution in [3.8, 4) is 39.8 Å². The Morgan fingerprint density at radius 1 is 1.03 bits per heavy atom. The first kappa shape index (κ1) is 22.9. The highest BCUT2D eigenvalue weighted by molar-refractivity contribution is 5.98. The molecule has 1 amide bonds. The smallest absolute Gasteiger partial charge is 0.471 e. The number of benzene rings is 2. The summed E-state index contributed by atoms with van der Waals surface area (Å²) < 4.78 is 58.8. The van der Waals surface area contributed by atoms with Crippen molar-refractivity contribution in [3.63, 3.8) is 0 Å². The summed E-state index contributed by atoms with van der Waals surface area (Å²) in [6.07, 6.45) is -4.49. The molecule has 0 saturated heterocycles. The van der Waals surface area contributed by atoms with Gasteiger partial charge in [-0.1, -0.05) is 36.3 Å². The second-order valence-corrected chi connectivity index (χ2v) is 6.47. The van der Waals surface area contributed by atoms with Gasteiger partial charge in [0.15, 0.2) is 11.5 Å². The molecule has 3 rings (SSSR count). The fourth-order valence-corrected chi connectivity index (χ4v) is 3.02. The highest BCUT2D eigenvalue weighted by atomic mass is 19.4. The van der Waals surface area contributed by atoms with Gasteiger partial charge >= 0.3 is 12.1 Å². The van der Waals surface area contributed by atoms with Crippen LogP contribution in [0.15, 0.2) is 34.9 Å². The lowest BCUT2D eigenvalue weighted by Crippen LogP contribution is -2.11. The van der Waals surface area contributed by atoms with Crippen LogP contribution in [0.4, 0.5) is 18.9 Å². The summed E-state index contributed by atoms with van der Waals surface area (Å²) in [6, 6.07) is 7.92. The van der Waals surface area contributed by atoms with Crippen LogP contribution in [0.3, 0.4) is 0 Å². The third-order valence-electron chi connectivity index (χ3n) is 4.53. The van der Waals surface area contributed by atoms with Gasteiger partial charge in [-0.15, -0.1) is 0 Å². The van der Waals surface area contributed by atoms with Crippen molar-refractivity contribution >= 4 is 11.6 Å². The molecule has 0 saturated carbocycles. The van der Waals surface area contributed by atoms with E-state index in [-0.39, 0.29) is 18.2 Å². The predicted molar refractivity (Wildman–Crippen MR) is 109 cm³/mol. The number of carbonyl (C=O) groups excluding carboxylic acids is 1. The molecule has 0 atom stereocenters. The van der Waals surface area contributed by atoms with Gasteiger partial charge in [0.2, 0.25) is 17.5 Å². The molecule has 0 aliphatic heterocycles. The van der Waals surface area contributed by atoms with E-state index in [1.165, 1.54) is 33.5 Å². The summed E-state index contributed by atoms with van der Waals surface area (Å²) in [4.78, 5) is 15.5. The minimum atomic E-state index is -4.73. The number of rotatable bonds is 7. The van der Waals surface area contributed by atoms with E-state index in [0.717, 1.165) is 0 Å².